The molecule has 0 saturated heterocycles. The maximum absolute atomic E-state index is 13.1. The zero-order chi connectivity index (χ0) is 13.3. The summed E-state index contributed by atoms with van der Waals surface area (Å²) in [5, 5.41) is 2.64. The molecule has 3 nitrogen and oxygen atoms in total. The van der Waals surface area contributed by atoms with E-state index in [2.05, 4.69) is 5.32 Å². The summed E-state index contributed by atoms with van der Waals surface area (Å²) in [6, 6.07) is 3.92. The van der Waals surface area contributed by atoms with Crippen molar-refractivity contribution < 1.29 is 13.9 Å². The van der Waals surface area contributed by atoms with Gasteiger partial charge in [0.15, 0.2) is 0 Å². The fourth-order valence-electron chi connectivity index (χ4n) is 1.59. The summed E-state index contributed by atoms with van der Waals surface area (Å²) in [5.74, 6) is -0.846. The van der Waals surface area contributed by atoms with Gasteiger partial charge in [-0.15, -0.1) is 23.2 Å². The number of amides is 1. The first-order valence-electron chi connectivity index (χ1n) is 5.55. The Morgan fingerprint density at radius 1 is 1.61 bits per heavy atom. The molecule has 1 atom stereocenters. The summed E-state index contributed by atoms with van der Waals surface area (Å²) in [4.78, 5) is 11.8. The van der Waals surface area contributed by atoms with Gasteiger partial charge in [-0.2, -0.15) is 0 Å². The number of hydrogen-bond acceptors (Lipinski definition) is 2. The molecule has 1 aromatic rings. The minimum atomic E-state index is -0.976. The molecule has 0 radical (unpaired) electrons. The highest BCUT2D eigenvalue weighted by atomic mass is 35.5. The molecule has 0 bridgehead atoms. The summed E-state index contributed by atoms with van der Waals surface area (Å²) in [5.41, 5.74) is 0.416. The number of carbonyl (C=O) groups is 1. The number of hydrogen-bond donors (Lipinski definition) is 1. The van der Waals surface area contributed by atoms with Crippen LogP contribution in [0.5, 0.6) is 5.75 Å². The summed E-state index contributed by atoms with van der Waals surface area (Å²) in [6.45, 7) is 2.16. The zero-order valence-corrected chi connectivity index (χ0v) is 11.2. The van der Waals surface area contributed by atoms with E-state index in [-0.39, 0.29) is 5.91 Å². The molecule has 0 aromatic heterocycles. The first-order chi connectivity index (χ1) is 8.44. The van der Waals surface area contributed by atoms with Crippen LogP contribution >= 0.6 is 23.2 Å². The molecule has 1 saturated carbocycles. The summed E-state index contributed by atoms with van der Waals surface area (Å²) >= 11 is 11.6. The molecule has 0 heterocycles. The number of halogens is 3. The van der Waals surface area contributed by atoms with Crippen LogP contribution in [0.2, 0.25) is 0 Å². The molecule has 1 aliphatic carbocycles. The summed E-state index contributed by atoms with van der Waals surface area (Å²) in [6.07, 6.45) is 0.424. The molecule has 1 N–H and O–H groups in total. The largest absolute Gasteiger partial charge is 0.492 e. The van der Waals surface area contributed by atoms with Gasteiger partial charge >= 0.3 is 0 Å². The number of anilines is 1. The van der Waals surface area contributed by atoms with Gasteiger partial charge < -0.3 is 10.1 Å². The fraction of sp³-hybridized carbons (Fsp3) is 0.417. The number of alkyl halides is 2. The van der Waals surface area contributed by atoms with Crippen molar-refractivity contribution in [3.8, 4) is 5.75 Å². The number of rotatable bonds is 4. The lowest BCUT2D eigenvalue weighted by Gasteiger charge is -2.11. The highest BCUT2D eigenvalue weighted by molar-refractivity contribution is 6.52. The van der Waals surface area contributed by atoms with Crippen molar-refractivity contribution in [3.05, 3.63) is 24.0 Å². The number of ether oxygens (including phenoxy) is 1. The van der Waals surface area contributed by atoms with Gasteiger partial charge in [0.25, 0.3) is 0 Å². The zero-order valence-electron chi connectivity index (χ0n) is 9.67. The summed E-state index contributed by atoms with van der Waals surface area (Å²) < 4.78 is 17.3. The van der Waals surface area contributed by atoms with Crippen molar-refractivity contribution in [2.75, 3.05) is 11.9 Å². The van der Waals surface area contributed by atoms with Gasteiger partial charge in [-0.1, -0.05) is 0 Å². The Morgan fingerprint density at radius 2 is 2.28 bits per heavy atom. The van der Waals surface area contributed by atoms with E-state index in [0.717, 1.165) is 0 Å². The van der Waals surface area contributed by atoms with Crippen molar-refractivity contribution in [2.24, 2.45) is 5.92 Å². The molecular weight excluding hydrogens is 280 g/mol. The van der Waals surface area contributed by atoms with E-state index in [1.54, 1.807) is 6.92 Å². The van der Waals surface area contributed by atoms with Gasteiger partial charge in [0.2, 0.25) is 5.91 Å². The monoisotopic (exact) mass is 291 g/mol. The van der Waals surface area contributed by atoms with Crippen LogP contribution < -0.4 is 10.1 Å². The molecule has 1 amide bonds. The van der Waals surface area contributed by atoms with Crippen molar-refractivity contribution >= 4 is 34.8 Å². The topological polar surface area (TPSA) is 38.3 Å². The number of benzene rings is 1. The van der Waals surface area contributed by atoms with E-state index in [4.69, 9.17) is 27.9 Å². The average molecular weight is 292 g/mol. The Kier molecular flexibility index (Phi) is 3.69. The third kappa shape index (κ3) is 2.87. The molecule has 0 aliphatic heterocycles. The van der Waals surface area contributed by atoms with Gasteiger partial charge in [-0.25, -0.2) is 4.39 Å². The normalized spacial score (nSPS) is 20.3. The van der Waals surface area contributed by atoms with Crippen LogP contribution in [0.4, 0.5) is 10.1 Å². The highest BCUT2D eigenvalue weighted by Gasteiger charge is 2.56. The molecule has 1 aliphatic rings. The van der Waals surface area contributed by atoms with Gasteiger partial charge in [0.1, 0.15) is 15.9 Å². The van der Waals surface area contributed by atoms with E-state index >= 15 is 0 Å². The number of carbonyl (C=O) groups excluding carboxylic acids is 1. The second-order valence-electron chi connectivity index (χ2n) is 4.08. The van der Waals surface area contributed by atoms with Crippen molar-refractivity contribution in [2.45, 2.75) is 17.7 Å². The van der Waals surface area contributed by atoms with E-state index < -0.39 is 16.1 Å². The molecular formula is C12H12Cl2FNO2. The minimum Gasteiger partial charge on any atom is -0.492 e. The standard InChI is InChI=1S/C12H12Cl2FNO2/c1-2-18-10-5-7(15)3-4-9(10)16-11(17)8-6-12(8,13)14/h3-5,8H,2,6H2,1H3,(H,16,17). The second kappa shape index (κ2) is 4.94. The van der Waals surface area contributed by atoms with E-state index in [1.165, 1.54) is 18.2 Å². The first-order valence-corrected chi connectivity index (χ1v) is 6.30. The predicted molar refractivity (Wildman–Crippen MR) is 68.7 cm³/mol. The third-order valence-electron chi connectivity index (χ3n) is 2.64. The average Bonchev–Trinajstić information content (AvgIpc) is 2.92. The third-order valence-corrected chi connectivity index (χ3v) is 3.48. The van der Waals surface area contributed by atoms with Gasteiger partial charge in [0, 0.05) is 6.07 Å². The van der Waals surface area contributed by atoms with Crippen LogP contribution in [0.25, 0.3) is 0 Å². The lowest BCUT2D eigenvalue weighted by molar-refractivity contribution is -0.117. The quantitative estimate of drug-likeness (QED) is 0.864. The molecule has 0 spiro atoms. The molecule has 1 unspecified atom stereocenters. The Labute approximate surface area is 114 Å². The molecule has 1 aromatic carbocycles. The smallest absolute Gasteiger partial charge is 0.230 e. The Hall–Kier alpha value is -1.00. The van der Waals surface area contributed by atoms with E-state index in [9.17, 15) is 9.18 Å². The summed E-state index contributed by atoms with van der Waals surface area (Å²) in [7, 11) is 0. The van der Waals surface area contributed by atoms with E-state index in [0.29, 0.717) is 24.5 Å². The van der Waals surface area contributed by atoms with Gasteiger partial charge in [-0.3, -0.25) is 4.79 Å². The van der Waals surface area contributed by atoms with Crippen LogP contribution in [0.3, 0.4) is 0 Å². The van der Waals surface area contributed by atoms with Crippen LogP contribution in [0.1, 0.15) is 13.3 Å². The maximum Gasteiger partial charge on any atom is 0.230 e. The fourth-order valence-corrected chi connectivity index (χ4v) is 2.10. The molecule has 18 heavy (non-hydrogen) atoms. The predicted octanol–water partition coefficient (Wildman–Crippen LogP) is 3.36. The Balaban J connectivity index is 2.11. The lowest BCUT2D eigenvalue weighted by atomic mass is 10.2. The van der Waals surface area contributed by atoms with Crippen LogP contribution in [-0.2, 0) is 4.79 Å². The van der Waals surface area contributed by atoms with Crippen LogP contribution in [0, 0.1) is 11.7 Å². The number of nitrogens with one attached hydrogen (secondary N) is 1. The van der Waals surface area contributed by atoms with Crippen LogP contribution in [0.15, 0.2) is 18.2 Å². The highest BCUT2D eigenvalue weighted by Crippen LogP contribution is 2.53. The van der Waals surface area contributed by atoms with Crippen molar-refractivity contribution in [1.29, 1.82) is 0 Å². The Morgan fingerprint density at radius 3 is 2.83 bits per heavy atom. The SMILES string of the molecule is CCOc1cc(F)ccc1NC(=O)C1CC1(Cl)Cl. The molecule has 1 fully saturated rings. The minimum absolute atomic E-state index is 0.285. The van der Waals surface area contributed by atoms with Gasteiger partial charge in [-0.05, 0) is 25.5 Å². The van der Waals surface area contributed by atoms with Gasteiger partial charge in [0.05, 0.1) is 18.2 Å². The van der Waals surface area contributed by atoms with E-state index in [1.807, 2.05) is 0 Å². The van der Waals surface area contributed by atoms with Crippen molar-refractivity contribution in [1.82, 2.24) is 0 Å². The van der Waals surface area contributed by atoms with Crippen LogP contribution in [-0.4, -0.2) is 16.8 Å². The molecule has 2 rings (SSSR count). The van der Waals surface area contributed by atoms with Crippen molar-refractivity contribution in [3.63, 3.8) is 0 Å². The second-order valence-corrected chi connectivity index (χ2v) is 5.62. The first kappa shape index (κ1) is 13.4. The lowest BCUT2D eigenvalue weighted by Crippen LogP contribution is -2.17. The maximum atomic E-state index is 13.1. The Bertz CT molecular complexity index is 479. The molecule has 6 heteroatoms. The molecule has 98 valence electrons.